The highest BCUT2D eigenvalue weighted by Gasteiger charge is 2.16. The second-order valence-electron chi connectivity index (χ2n) is 4.37. The molecule has 94 valence electrons. The van der Waals surface area contributed by atoms with Crippen molar-refractivity contribution in [2.24, 2.45) is 0 Å². The summed E-state index contributed by atoms with van der Waals surface area (Å²) in [6.07, 6.45) is 2.46. The van der Waals surface area contributed by atoms with E-state index in [-0.39, 0.29) is 11.3 Å². The van der Waals surface area contributed by atoms with E-state index in [1.165, 1.54) is 6.92 Å². The molecule has 0 saturated heterocycles. The van der Waals surface area contributed by atoms with Crippen LogP contribution in [-0.2, 0) is 6.54 Å². The molecule has 0 saturated carbocycles. The molecule has 0 fully saturated rings. The number of aromatic nitrogens is 2. The number of nitrogens with zero attached hydrogens (tertiary/aromatic N) is 2. The fraction of sp³-hybridized carbons (Fsp3) is 0.357. The van der Waals surface area contributed by atoms with Gasteiger partial charge in [-0.3, -0.25) is 14.6 Å². The normalized spacial score (nSPS) is 10.8. The second kappa shape index (κ2) is 4.72. The van der Waals surface area contributed by atoms with Crippen molar-refractivity contribution in [1.82, 2.24) is 9.55 Å². The van der Waals surface area contributed by atoms with Crippen LogP contribution in [0.5, 0.6) is 0 Å². The Bertz CT molecular complexity index is 671. The summed E-state index contributed by atoms with van der Waals surface area (Å²) in [5.74, 6) is -0.0546. The maximum atomic E-state index is 12.3. The van der Waals surface area contributed by atoms with E-state index in [0.29, 0.717) is 28.7 Å². The molecule has 0 aliphatic carbocycles. The zero-order chi connectivity index (χ0) is 13.3. The first-order chi connectivity index (χ1) is 8.57. The highest BCUT2D eigenvalue weighted by molar-refractivity contribution is 6.06. The van der Waals surface area contributed by atoms with Crippen molar-refractivity contribution in [3.8, 4) is 0 Å². The summed E-state index contributed by atoms with van der Waals surface area (Å²) in [6, 6.07) is 3.45. The smallest absolute Gasteiger partial charge is 0.260 e. The molecule has 2 rings (SSSR count). The van der Waals surface area contributed by atoms with Gasteiger partial charge in [-0.1, -0.05) is 6.92 Å². The number of pyridine rings is 2. The number of carbonyl (C=O) groups is 1. The topological polar surface area (TPSA) is 52.0 Å². The van der Waals surface area contributed by atoms with E-state index >= 15 is 0 Å². The molecule has 2 aromatic heterocycles. The lowest BCUT2D eigenvalue weighted by molar-refractivity contribution is 0.101. The van der Waals surface area contributed by atoms with Crippen LogP contribution in [0, 0.1) is 6.92 Å². The highest BCUT2D eigenvalue weighted by Crippen LogP contribution is 2.17. The largest absolute Gasteiger partial charge is 0.312 e. The lowest BCUT2D eigenvalue weighted by Gasteiger charge is -2.14. The molecule has 0 aromatic carbocycles. The molecular formula is C14H16N2O2. The van der Waals surface area contributed by atoms with Gasteiger partial charge in [-0.05, 0) is 32.4 Å². The van der Waals surface area contributed by atoms with E-state index in [4.69, 9.17) is 0 Å². The molecule has 0 bridgehead atoms. The summed E-state index contributed by atoms with van der Waals surface area (Å²) in [5.41, 5.74) is 1.71. The van der Waals surface area contributed by atoms with Crippen LogP contribution >= 0.6 is 0 Å². The average Bonchev–Trinajstić information content (AvgIpc) is 2.34. The Morgan fingerprint density at radius 3 is 2.78 bits per heavy atom. The van der Waals surface area contributed by atoms with Gasteiger partial charge < -0.3 is 4.57 Å². The average molecular weight is 244 g/mol. The molecule has 0 amide bonds. The van der Waals surface area contributed by atoms with Gasteiger partial charge in [-0.25, -0.2) is 0 Å². The van der Waals surface area contributed by atoms with Crippen molar-refractivity contribution in [2.75, 3.05) is 0 Å². The van der Waals surface area contributed by atoms with E-state index < -0.39 is 0 Å². The van der Waals surface area contributed by atoms with Gasteiger partial charge >= 0.3 is 0 Å². The molecule has 18 heavy (non-hydrogen) atoms. The molecule has 4 heteroatoms. The molecule has 4 nitrogen and oxygen atoms in total. The number of hydrogen-bond donors (Lipinski definition) is 0. The minimum absolute atomic E-state index is 0.0546. The summed E-state index contributed by atoms with van der Waals surface area (Å²) < 4.78 is 1.67. The first kappa shape index (κ1) is 12.5. The molecule has 2 heterocycles. The third kappa shape index (κ3) is 1.83. The molecule has 0 aliphatic heterocycles. The Balaban J connectivity index is 2.96. The second-order valence-corrected chi connectivity index (χ2v) is 4.37. The lowest BCUT2D eigenvalue weighted by atomic mass is 10.1. The lowest BCUT2D eigenvalue weighted by Crippen LogP contribution is -2.25. The Hall–Kier alpha value is -1.97. The van der Waals surface area contributed by atoms with Crippen LogP contribution in [0.15, 0.2) is 23.1 Å². The first-order valence-corrected chi connectivity index (χ1v) is 6.07. The van der Waals surface area contributed by atoms with Gasteiger partial charge in [-0.15, -0.1) is 0 Å². The first-order valence-electron chi connectivity index (χ1n) is 6.07. The van der Waals surface area contributed by atoms with E-state index in [1.54, 1.807) is 22.9 Å². The van der Waals surface area contributed by atoms with Crippen molar-refractivity contribution >= 4 is 16.7 Å². The van der Waals surface area contributed by atoms with Crippen LogP contribution < -0.4 is 5.56 Å². The van der Waals surface area contributed by atoms with Gasteiger partial charge in [0.1, 0.15) is 0 Å². The van der Waals surface area contributed by atoms with Gasteiger partial charge in [0.05, 0.1) is 16.5 Å². The molecule has 0 atom stereocenters. The third-order valence-corrected chi connectivity index (χ3v) is 3.09. The van der Waals surface area contributed by atoms with E-state index in [0.717, 1.165) is 6.42 Å². The van der Waals surface area contributed by atoms with Crippen molar-refractivity contribution in [1.29, 1.82) is 0 Å². The van der Waals surface area contributed by atoms with Crippen LogP contribution in [0.1, 0.15) is 36.3 Å². The molecule has 0 radical (unpaired) electrons. The molecular weight excluding hydrogens is 228 g/mol. The van der Waals surface area contributed by atoms with Crippen molar-refractivity contribution in [3.63, 3.8) is 0 Å². The number of ketones is 1. The molecule has 2 aromatic rings. The van der Waals surface area contributed by atoms with Gasteiger partial charge in [0.25, 0.3) is 5.56 Å². The monoisotopic (exact) mass is 244 g/mol. The van der Waals surface area contributed by atoms with Crippen LogP contribution in [0.2, 0.25) is 0 Å². The quantitative estimate of drug-likeness (QED) is 0.778. The van der Waals surface area contributed by atoms with Crippen molar-refractivity contribution in [3.05, 3.63) is 39.9 Å². The van der Waals surface area contributed by atoms with Crippen molar-refractivity contribution in [2.45, 2.75) is 33.7 Å². The molecule has 0 N–H and O–H groups in total. The van der Waals surface area contributed by atoms with E-state index in [2.05, 4.69) is 4.98 Å². The fourth-order valence-corrected chi connectivity index (χ4v) is 2.30. The van der Waals surface area contributed by atoms with Crippen LogP contribution in [0.25, 0.3) is 10.9 Å². The minimum atomic E-state index is -0.0672. The molecule has 0 aliphatic rings. The Kier molecular flexibility index (Phi) is 3.28. The Morgan fingerprint density at radius 2 is 2.17 bits per heavy atom. The van der Waals surface area contributed by atoms with Gasteiger partial charge in [0, 0.05) is 18.4 Å². The SMILES string of the molecule is CCCn1c(C)c(C(C)=O)c2ncccc2c1=O. The Morgan fingerprint density at radius 1 is 1.44 bits per heavy atom. The minimum Gasteiger partial charge on any atom is -0.312 e. The van der Waals surface area contributed by atoms with Crippen LogP contribution in [0.3, 0.4) is 0 Å². The van der Waals surface area contributed by atoms with Gasteiger partial charge in [-0.2, -0.15) is 0 Å². The third-order valence-electron chi connectivity index (χ3n) is 3.09. The highest BCUT2D eigenvalue weighted by atomic mass is 16.1. The van der Waals surface area contributed by atoms with Gasteiger partial charge in [0.2, 0.25) is 0 Å². The number of carbonyl (C=O) groups excluding carboxylic acids is 1. The molecule has 0 spiro atoms. The number of fused-ring (bicyclic) bond motifs is 1. The number of rotatable bonds is 3. The summed E-state index contributed by atoms with van der Waals surface area (Å²) in [5, 5.41) is 0.516. The van der Waals surface area contributed by atoms with Crippen LogP contribution in [-0.4, -0.2) is 15.3 Å². The Labute approximate surface area is 105 Å². The van der Waals surface area contributed by atoms with E-state index in [1.807, 2.05) is 13.8 Å². The summed E-state index contributed by atoms with van der Waals surface area (Å²) in [4.78, 5) is 28.3. The van der Waals surface area contributed by atoms with Crippen molar-refractivity contribution < 1.29 is 4.79 Å². The predicted molar refractivity (Wildman–Crippen MR) is 71.0 cm³/mol. The standard InChI is InChI=1S/C14H16N2O2/c1-4-8-16-9(2)12(10(3)17)13-11(14(16)18)6-5-7-15-13/h5-7H,4,8H2,1-3H3. The summed E-state index contributed by atoms with van der Waals surface area (Å²) >= 11 is 0. The molecule has 0 unspecified atom stereocenters. The maximum Gasteiger partial charge on any atom is 0.260 e. The zero-order valence-electron chi connectivity index (χ0n) is 10.9. The maximum absolute atomic E-state index is 12.3. The van der Waals surface area contributed by atoms with Gasteiger partial charge in [0.15, 0.2) is 5.78 Å². The summed E-state index contributed by atoms with van der Waals surface area (Å²) in [6.45, 7) is 5.95. The summed E-state index contributed by atoms with van der Waals surface area (Å²) in [7, 11) is 0. The van der Waals surface area contributed by atoms with Crippen LogP contribution in [0.4, 0.5) is 0 Å². The zero-order valence-corrected chi connectivity index (χ0v) is 10.9. The van der Waals surface area contributed by atoms with E-state index in [9.17, 15) is 9.59 Å². The fourth-order valence-electron chi connectivity index (χ4n) is 2.30. The predicted octanol–water partition coefficient (Wildman–Crippen LogP) is 2.32. The number of hydrogen-bond acceptors (Lipinski definition) is 3. The number of Topliss-reactive ketones (excluding diaryl/α,β-unsaturated/α-hetero) is 1.